The van der Waals surface area contributed by atoms with Gasteiger partial charge in [0.05, 0.1) is 6.04 Å². The third-order valence-corrected chi connectivity index (χ3v) is 6.30. The van der Waals surface area contributed by atoms with Crippen molar-refractivity contribution in [3.05, 3.63) is 60.3 Å². The molecule has 0 saturated heterocycles. The zero-order valence-corrected chi connectivity index (χ0v) is 19.2. The number of allylic oxidation sites excluding steroid dienone is 2. The lowest BCUT2D eigenvalue weighted by molar-refractivity contribution is -0.117. The Labute approximate surface area is 194 Å². The number of rotatable bonds is 10. The zero-order chi connectivity index (χ0) is 23.0. The van der Waals surface area contributed by atoms with Crippen LogP contribution in [-0.2, 0) is 11.2 Å². The van der Waals surface area contributed by atoms with Gasteiger partial charge in [-0.25, -0.2) is 0 Å². The van der Waals surface area contributed by atoms with E-state index in [1.54, 1.807) is 6.08 Å². The number of anilines is 1. The predicted molar refractivity (Wildman–Crippen MR) is 131 cm³/mol. The first kappa shape index (κ1) is 22.8. The van der Waals surface area contributed by atoms with Gasteiger partial charge in [-0.3, -0.25) is 4.79 Å². The number of nitrogens with one attached hydrogen (secondary N) is 4. The normalized spacial score (nSPS) is 19.7. The average Bonchev–Trinajstić information content (AvgIpc) is 3.45. The van der Waals surface area contributed by atoms with Crippen molar-refractivity contribution < 1.29 is 4.79 Å². The molecule has 0 spiro atoms. The molecule has 0 radical (unpaired) electrons. The van der Waals surface area contributed by atoms with Crippen LogP contribution in [0.3, 0.4) is 0 Å². The summed E-state index contributed by atoms with van der Waals surface area (Å²) < 4.78 is 0. The van der Waals surface area contributed by atoms with E-state index in [0.29, 0.717) is 24.8 Å². The maximum atomic E-state index is 12.7. The molecule has 3 aromatic rings. The molecule has 1 aromatic carbocycles. The van der Waals surface area contributed by atoms with E-state index in [-0.39, 0.29) is 11.9 Å². The molecule has 4 N–H and O–H groups in total. The highest BCUT2D eigenvalue weighted by molar-refractivity contribution is 5.88. The van der Waals surface area contributed by atoms with Gasteiger partial charge < -0.3 is 15.6 Å². The second-order valence-corrected chi connectivity index (χ2v) is 9.23. The van der Waals surface area contributed by atoms with Gasteiger partial charge in [-0.05, 0) is 73.3 Å². The summed E-state index contributed by atoms with van der Waals surface area (Å²) in [5.74, 6) is 1.73. The smallest absolute Gasteiger partial charge is 0.263 e. The van der Waals surface area contributed by atoms with Crippen LogP contribution in [0, 0.1) is 11.8 Å². The van der Waals surface area contributed by atoms with Crippen molar-refractivity contribution in [1.29, 1.82) is 0 Å². The minimum atomic E-state index is -0.137. The summed E-state index contributed by atoms with van der Waals surface area (Å²) in [5, 5.41) is 21.3. The number of carbonyl (C=O) groups excluding carboxylic acids is 1. The Hall–Kier alpha value is -3.42. The molecule has 8 nitrogen and oxygen atoms in total. The van der Waals surface area contributed by atoms with Crippen molar-refractivity contribution in [2.45, 2.75) is 51.5 Å². The van der Waals surface area contributed by atoms with Gasteiger partial charge in [0.2, 0.25) is 5.91 Å². The van der Waals surface area contributed by atoms with Crippen LogP contribution < -0.4 is 10.6 Å². The van der Waals surface area contributed by atoms with Crippen molar-refractivity contribution in [2.75, 3.05) is 11.9 Å². The first-order valence-electron chi connectivity index (χ1n) is 11.7. The first-order valence-corrected chi connectivity index (χ1v) is 11.7. The van der Waals surface area contributed by atoms with Crippen molar-refractivity contribution in [1.82, 2.24) is 30.9 Å². The molecule has 174 valence electrons. The maximum Gasteiger partial charge on any atom is 0.263 e. The molecular weight excluding hydrogens is 414 g/mol. The molecule has 8 heteroatoms. The number of aromatic amines is 2. The third-order valence-electron chi connectivity index (χ3n) is 6.30. The Morgan fingerprint density at radius 3 is 3.03 bits per heavy atom. The highest BCUT2D eigenvalue weighted by Gasteiger charge is 2.20. The number of nitrogens with zero attached hydrogens (tertiary/aromatic N) is 3. The second kappa shape index (κ2) is 10.9. The van der Waals surface area contributed by atoms with Crippen molar-refractivity contribution >= 4 is 22.8 Å². The summed E-state index contributed by atoms with van der Waals surface area (Å²) in [6.45, 7) is 6.97. The molecule has 1 aliphatic rings. The van der Waals surface area contributed by atoms with E-state index < -0.39 is 0 Å². The van der Waals surface area contributed by atoms with Crippen LogP contribution in [0.4, 0.5) is 5.95 Å². The second-order valence-electron chi connectivity index (χ2n) is 9.23. The molecule has 33 heavy (non-hydrogen) atoms. The Bertz CT molecular complexity index is 1090. The molecule has 0 aliphatic heterocycles. The van der Waals surface area contributed by atoms with E-state index in [0.717, 1.165) is 48.1 Å². The Morgan fingerprint density at radius 2 is 2.21 bits per heavy atom. The largest absolute Gasteiger partial charge is 0.361 e. The van der Waals surface area contributed by atoms with Crippen LogP contribution >= 0.6 is 0 Å². The molecular formula is C25H33N7O. The average molecular weight is 448 g/mol. The molecule has 1 aliphatic carbocycles. The van der Waals surface area contributed by atoms with Crippen molar-refractivity contribution in [3.63, 3.8) is 0 Å². The predicted octanol–water partition coefficient (Wildman–Crippen LogP) is 4.15. The quantitative estimate of drug-likeness (QED) is 0.276. The van der Waals surface area contributed by atoms with Gasteiger partial charge in [-0.2, -0.15) is 5.21 Å². The van der Waals surface area contributed by atoms with Gasteiger partial charge in [0.25, 0.3) is 5.95 Å². The Balaban J connectivity index is 1.33. The van der Waals surface area contributed by atoms with Crippen LogP contribution in [0.1, 0.15) is 44.6 Å². The number of hydrogen-bond donors (Lipinski definition) is 4. The van der Waals surface area contributed by atoms with Crippen molar-refractivity contribution in [3.8, 4) is 0 Å². The topological polar surface area (TPSA) is 111 Å². The monoisotopic (exact) mass is 447 g/mol. The van der Waals surface area contributed by atoms with E-state index in [4.69, 9.17) is 0 Å². The van der Waals surface area contributed by atoms with E-state index in [1.165, 1.54) is 12.0 Å². The number of carbonyl (C=O) groups is 1. The lowest BCUT2D eigenvalue weighted by atomic mass is 9.78. The summed E-state index contributed by atoms with van der Waals surface area (Å²) >= 11 is 0. The standard InChI is InChI=1S/C25H33N7O/c1-17-11-18(2)13-19(12-17)7-3-6-10-24(33)28-21(16-27-25-29-31-32-30-25)14-20-15-26-23-9-5-4-8-22(20)23/h4-6,8-10,15,18-19,21,26H,1,3,7,11-14,16H2,2H3,(H,28,33)(H2,27,29,30,31,32)/b10-6+/t18?,19?,21-/m0/s1. The fourth-order valence-corrected chi connectivity index (χ4v) is 4.90. The molecule has 4 rings (SSSR count). The summed E-state index contributed by atoms with van der Waals surface area (Å²) in [4.78, 5) is 16.0. The Kier molecular flexibility index (Phi) is 7.55. The van der Waals surface area contributed by atoms with Gasteiger partial charge in [0, 0.05) is 23.6 Å². The molecule has 1 fully saturated rings. The molecule has 3 atom stereocenters. The maximum absolute atomic E-state index is 12.7. The summed E-state index contributed by atoms with van der Waals surface area (Å²) in [6.07, 6.45) is 11.9. The van der Waals surface area contributed by atoms with Crippen LogP contribution in [0.5, 0.6) is 0 Å². The van der Waals surface area contributed by atoms with Gasteiger partial charge in [0.15, 0.2) is 0 Å². The number of benzene rings is 1. The lowest BCUT2D eigenvalue weighted by Crippen LogP contribution is -2.40. The number of fused-ring (bicyclic) bond motifs is 1. The van der Waals surface area contributed by atoms with Gasteiger partial charge >= 0.3 is 0 Å². The molecule has 2 aromatic heterocycles. The number of amides is 1. The number of para-hydroxylation sites is 1. The van der Waals surface area contributed by atoms with Crippen LogP contribution in [-0.4, -0.2) is 44.1 Å². The highest BCUT2D eigenvalue weighted by atomic mass is 16.1. The molecule has 1 amide bonds. The molecule has 2 unspecified atom stereocenters. The number of tetrazole rings is 1. The minimum absolute atomic E-state index is 0.0869. The van der Waals surface area contributed by atoms with Gasteiger partial charge in [-0.15, -0.1) is 5.10 Å². The SMILES string of the molecule is C=C1CC(C)CC(CC/C=C/C(=O)N[C@H](CNc2nn[nH]n2)Cc2c[nH]c3ccccc23)C1. The van der Waals surface area contributed by atoms with Gasteiger partial charge in [-0.1, -0.05) is 48.4 Å². The molecule has 0 bridgehead atoms. The van der Waals surface area contributed by atoms with Crippen LogP contribution in [0.25, 0.3) is 10.9 Å². The lowest BCUT2D eigenvalue weighted by Gasteiger charge is -2.28. The zero-order valence-electron chi connectivity index (χ0n) is 19.2. The Morgan fingerprint density at radius 1 is 1.33 bits per heavy atom. The molecule has 1 saturated carbocycles. The third kappa shape index (κ3) is 6.54. The fourth-order valence-electron chi connectivity index (χ4n) is 4.90. The summed E-state index contributed by atoms with van der Waals surface area (Å²) in [7, 11) is 0. The number of H-pyrrole nitrogens is 2. The highest BCUT2D eigenvalue weighted by Crippen LogP contribution is 2.34. The summed E-state index contributed by atoms with van der Waals surface area (Å²) in [6, 6.07) is 8.04. The molecule has 2 heterocycles. The minimum Gasteiger partial charge on any atom is -0.361 e. The fraction of sp³-hybridized carbons (Fsp3) is 0.440. The number of hydrogen-bond acceptors (Lipinski definition) is 5. The van der Waals surface area contributed by atoms with Crippen LogP contribution in [0.15, 0.2) is 54.8 Å². The van der Waals surface area contributed by atoms with Crippen LogP contribution in [0.2, 0.25) is 0 Å². The van der Waals surface area contributed by atoms with E-state index in [9.17, 15) is 4.79 Å². The van der Waals surface area contributed by atoms with E-state index >= 15 is 0 Å². The first-order chi connectivity index (χ1) is 16.1. The van der Waals surface area contributed by atoms with E-state index in [2.05, 4.69) is 61.9 Å². The van der Waals surface area contributed by atoms with E-state index in [1.807, 2.05) is 24.4 Å². The van der Waals surface area contributed by atoms with Gasteiger partial charge in [0.1, 0.15) is 0 Å². The summed E-state index contributed by atoms with van der Waals surface area (Å²) in [5.41, 5.74) is 3.61. The number of aromatic nitrogens is 5. The van der Waals surface area contributed by atoms with Crippen molar-refractivity contribution in [2.24, 2.45) is 11.8 Å².